The van der Waals surface area contributed by atoms with E-state index in [0.29, 0.717) is 18.0 Å². The molecule has 1 aromatic carbocycles. The van der Waals surface area contributed by atoms with Crippen LogP contribution in [0.3, 0.4) is 0 Å². The molecule has 114 valence electrons. The quantitative estimate of drug-likeness (QED) is 0.775. The molecule has 0 aromatic heterocycles. The molecule has 0 bridgehead atoms. The minimum absolute atomic E-state index is 0.0820. The van der Waals surface area contributed by atoms with Gasteiger partial charge in [0.25, 0.3) is 0 Å². The van der Waals surface area contributed by atoms with Crippen molar-refractivity contribution in [2.24, 2.45) is 0 Å². The number of anilines is 1. The highest BCUT2D eigenvalue weighted by atomic mass is 16.5. The van der Waals surface area contributed by atoms with Crippen LogP contribution >= 0.6 is 0 Å². The first-order valence-electron chi connectivity index (χ1n) is 6.99. The van der Waals surface area contributed by atoms with Crippen molar-refractivity contribution in [1.29, 1.82) is 0 Å². The van der Waals surface area contributed by atoms with Crippen molar-refractivity contribution in [3.05, 3.63) is 24.3 Å². The Morgan fingerprint density at radius 1 is 1.29 bits per heavy atom. The molecule has 1 aromatic rings. The van der Waals surface area contributed by atoms with Crippen molar-refractivity contribution in [3.63, 3.8) is 0 Å². The lowest BCUT2D eigenvalue weighted by Gasteiger charge is -2.11. The standard InChI is InChI=1S/C15H20N2O4/c1-20-12-6-4-11(5-7-12)17-15(19)9-14(18)16-10-13-3-2-8-21-13/h4-7,13H,2-3,8-10H2,1H3,(H,16,18)(H,17,19). The third-order valence-corrected chi connectivity index (χ3v) is 3.25. The first-order chi connectivity index (χ1) is 10.2. The van der Waals surface area contributed by atoms with Crippen LogP contribution < -0.4 is 15.4 Å². The number of amides is 2. The van der Waals surface area contributed by atoms with Crippen molar-refractivity contribution in [2.45, 2.75) is 25.4 Å². The summed E-state index contributed by atoms with van der Waals surface area (Å²) in [7, 11) is 1.58. The van der Waals surface area contributed by atoms with Crippen molar-refractivity contribution in [2.75, 3.05) is 25.6 Å². The van der Waals surface area contributed by atoms with Gasteiger partial charge in [-0.05, 0) is 37.1 Å². The van der Waals surface area contributed by atoms with Crippen LogP contribution in [0.5, 0.6) is 5.75 Å². The zero-order valence-corrected chi connectivity index (χ0v) is 12.1. The Hall–Kier alpha value is -2.08. The molecule has 1 aliphatic heterocycles. The average molecular weight is 292 g/mol. The number of hydrogen-bond acceptors (Lipinski definition) is 4. The number of hydrogen-bond donors (Lipinski definition) is 2. The van der Waals surface area contributed by atoms with Crippen molar-refractivity contribution >= 4 is 17.5 Å². The van der Waals surface area contributed by atoms with Gasteiger partial charge in [0.15, 0.2) is 0 Å². The molecule has 0 aliphatic carbocycles. The van der Waals surface area contributed by atoms with Gasteiger partial charge in [-0.25, -0.2) is 0 Å². The molecule has 0 spiro atoms. The summed E-state index contributed by atoms with van der Waals surface area (Å²) < 4.78 is 10.4. The maximum Gasteiger partial charge on any atom is 0.233 e. The van der Waals surface area contributed by atoms with Gasteiger partial charge < -0.3 is 20.1 Å². The topological polar surface area (TPSA) is 76.7 Å². The summed E-state index contributed by atoms with van der Waals surface area (Å²) in [6, 6.07) is 6.93. The molecule has 2 N–H and O–H groups in total. The van der Waals surface area contributed by atoms with E-state index in [0.717, 1.165) is 19.4 Å². The lowest BCUT2D eigenvalue weighted by Crippen LogP contribution is -2.34. The largest absolute Gasteiger partial charge is 0.497 e. The molecule has 1 heterocycles. The maximum absolute atomic E-state index is 11.7. The van der Waals surface area contributed by atoms with E-state index in [1.807, 2.05) is 0 Å². The number of ether oxygens (including phenoxy) is 2. The molecule has 1 fully saturated rings. The lowest BCUT2D eigenvalue weighted by atomic mass is 10.2. The van der Waals surface area contributed by atoms with Crippen molar-refractivity contribution in [1.82, 2.24) is 5.32 Å². The van der Waals surface area contributed by atoms with E-state index in [1.54, 1.807) is 31.4 Å². The third kappa shape index (κ3) is 5.07. The average Bonchev–Trinajstić information content (AvgIpc) is 2.99. The first-order valence-corrected chi connectivity index (χ1v) is 6.99. The second kappa shape index (κ2) is 7.64. The van der Waals surface area contributed by atoms with Gasteiger partial charge in [-0.1, -0.05) is 0 Å². The summed E-state index contributed by atoms with van der Waals surface area (Å²) in [5.74, 6) is 0.0730. The highest BCUT2D eigenvalue weighted by Gasteiger charge is 2.17. The zero-order valence-electron chi connectivity index (χ0n) is 12.1. The van der Waals surface area contributed by atoms with Gasteiger partial charge >= 0.3 is 0 Å². The first kappa shape index (κ1) is 15.3. The Labute approximate surface area is 123 Å². The fraction of sp³-hybridized carbons (Fsp3) is 0.467. The van der Waals surface area contributed by atoms with E-state index in [9.17, 15) is 9.59 Å². The molecule has 2 amide bonds. The van der Waals surface area contributed by atoms with Gasteiger partial charge in [0.05, 0.1) is 13.2 Å². The molecular weight excluding hydrogens is 272 g/mol. The van der Waals surface area contributed by atoms with E-state index in [2.05, 4.69) is 10.6 Å². The molecule has 1 aliphatic rings. The van der Waals surface area contributed by atoms with Crippen LogP contribution in [0.15, 0.2) is 24.3 Å². The van der Waals surface area contributed by atoms with Crippen LogP contribution in [-0.4, -0.2) is 38.2 Å². The SMILES string of the molecule is COc1ccc(NC(=O)CC(=O)NCC2CCCO2)cc1. The van der Waals surface area contributed by atoms with Crippen LogP contribution in [0.25, 0.3) is 0 Å². The minimum Gasteiger partial charge on any atom is -0.497 e. The van der Waals surface area contributed by atoms with Gasteiger partial charge in [-0.15, -0.1) is 0 Å². The Morgan fingerprint density at radius 3 is 2.67 bits per heavy atom. The number of nitrogens with one attached hydrogen (secondary N) is 2. The van der Waals surface area contributed by atoms with Crippen LogP contribution in [0.1, 0.15) is 19.3 Å². The highest BCUT2D eigenvalue weighted by Crippen LogP contribution is 2.15. The lowest BCUT2D eigenvalue weighted by molar-refractivity contribution is -0.127. The normalized spacial score (nSPS) is 17.3. The molecule has 1 saturated heterocycles. The number of benzene rings is 1. The predicted octanol–water partition coefficient (Wildman–Crippen LogP) is 1.32. The Morgan fingerprint density at radius 2 is 2.05 bits per heavy atom. The highest BCUT2D eigenvalue weighted by molar-refractivity contribution is 6.03. The molecule has 0 radical (unpaired) electrons. The molecule has 1 atom stereocenters. The molecule has 6 nitrogen and oxygen atoms in total. The second-order valence-corrected chi connectivity index (χ2v) is 4.89. The zero-order chi connectivity index (χ0) is 15.1. The molecule has 1 unspecified atom stereocenters. The predicted molar refractivity (Wildman–Crippen MR) is 78.2 cm³/mol. The van der Waals surface area contributed by atoms with E-state index in [-0.39, 0.29) is 24.3 Å². The van der Waals surface area contributed by atoms with E-state index in [4.69, 9.17) is 9.47 Å². The van der Waals surface area contributed by atoms with Gasteiger partial charge in [0.1, 0.15) is 12.2 Å². The fourth-order valence-electron chi connectivity index (χ4n) is 2.12. The summed E-state index contributed by atoms with van der Waals surface area (Å²) in [5, 5.41) is 5.38. The summed E-state index contributed by atoms with van der Waals surface area (Å²) >= 11 is 0. The van der Waals surface area contributed by atoms with Crippen LogP contribution in [0.2, 0.25) is 0 Å². The second-order valence-electron chi connectivity index (χ2n) is 4.89. The Bertz CT molecular complexity index is 481. The number of carbonyl (C=O) groups is 2. The van der Waals surface area contributed by atoms with Gasteiger partial charge in [0.2, 0.25) is 11.8 Å². The third-order valence-electron chi connectivity index (χ3n) is 3.25. The van der Waals surface area contributed by atoms with Crippen LogP contribution in [0.4, 0.5) is 5.69 Å². The Kier molecular flexibility index (Phi) is 5.57. The molecule has 0 saturated carbocycles. The number of carbonyl (C=O) groups excluding carboxylic acids is 2. The summed E-state index contributed by atoms with van der Waals surface area (Å²) in [4.78, 5) is 23.4. The van der Waals surface area contributed by atoms with Crippen molar-refractivity contribution < 1.29 is 19.1 Å². The monoisotopic (exact) mass is 292 g/mol. The Balaban J connectivity index is 1.71. The molecule has 21 heavy (non-hydrogen) atoms. The van der Waals surface area contributed by atoms with Gasteiger partial charge in [-0.2, -0.15) is 0 Å². The van der Waals surface area contributed by atoms with Crippen LogP contribution in [-0.2, 0) is 14.3 Å². The van der Waals surface area contributed by atoms with Crippen molar-refractivity contribution in [3.8, 4) is 5.75 Å². The number of rotatable bonds is 6. The molecule has 6 heteroatoms. The van der Waals surface area contributed by atoms with E-state index in [1.165, 1.54) is 0 Å². The minimum atomic E-state index is -0.343. The van der Waals surface area contributed by atoms with Gasteiger partial charge in [0, 0.05) is 18.8 Å². The summed E-state index contributed by atoms with van der Waals surface area (Å²) in [6.07, 6.45) is 1.87. The summed E-state index contributed by atoms with van der Waals surface area (Å²) in [6.45, 7) is 1.22. The maximum atomic E-state index is 11.7. The molecular formula is C15H20N2O4. The molecule has 2 rings (SSSR count). The smallest absolute Gasteiger partial charge is 0.233 e. The van der Waals surface area contributed by atoms with E-state index >= 15 is 0 Å². The van der Waals surface area contributed by atoms with E-state index < -0.39 is 0 Å². The van der Waals surface area contributed by atoms with Gasteiger partial charge in [-0.3, -0.25) is 9.59 Å². The van der Waals surface area contributed by atoms with Crippen LogP contribution in [0, 0.1) is 0 Å². The number of methoxy groups -OCH3 is 1. The summed E-state index contributed by atoms with van der Waals surface area (Å²) in [5.41, 5.74) is 0.632. The fourth-order valence-corrected chi connectivity index (χ4v) is 2.12.